The van der Waals surface area contributed by atoms with E-state index in [9.17, 15) is 9.59 Å². The summed E-state index contributed by atoms with van der Waals surface area (Å²) in [6.45, 7) is 1.53. The van der Waals surface area contributed by atoms with Crippen molar-refractivity contribution in [2.24, 2.45) is 0 Å². The second kappa shape index (κ2) is 6.00. The number of hydrogen-bond donors (Lipinski definition) is 1. The third-order valence-electron chi connectivity index (χ3n) is 4.65. The van der Waals surface area contributed by atoms with Crippen molar-refractivity contribution in [2.75, 3.05) is 24.6 Å². The fourth-order valence-corrected chi connectivity index (χ4v) is 3.31. The van der Waals surface area contributed by atoms with Gasteiger partial charge in [0.2, 0.25) is 0 Å². The van der Waals surface area contributed by atoms with Crippen LogP contribution in [0.2, 0.25) is 0 Å². The van der Waals surface area contributed by atoms with Crippen molar-refractivity contribution in [1.29, 1.82) is 0 Å². The van der Waals surface area contributed by atoms with E-state index in [2.05, 4.69) is 17.4 Å². The molecule has 1 unspecified atom stereocenters. The van der Waals surface area contributed by atoms with Crippen LogP contribution in [-0.4, -0.2) is 31.7 Å². The van der Waals surface area contributed by atoms with Crippen LogP contribution in [0, 0.1) is 0 Å². The fourth-order valence-electron chi connectivity index (χ4n) is 3.31. The number of benzene rings is 2. The summed E-state index contributed by atoms with van der Waals surface area (Å²) in [6.07, 6.45) is 0.648. The van der Waals surface area contributed by atoms with E-state index in [1.54, 1.807) is 23.1 Å². The van der Waals surface area contributed by atoms with Gasteiger partial charge in [0.05, 0.1) is 6.54 Å². The highest BCUT2D eigenvalue weighted by Gasteiger charge is 2.26. The van der Waals surface area contributed by atoms with Crippen LogP contribution in [0.15, 0.2) is 48.5 Å². The van der Waals surface area contributed by atoms with Gasteiger partial charge in [-0.15, -0.1) is 0 Å². The van der Waals surface area contributed by atoms with Gasteiger partial charge in [-0.05, 0) is 35.7 Å². The Hall–Kier alpha value is -2.82. The topological polar surface area (TPSA) is 58.6 Å². The van der Waals surface area contributed by atoms with Crippen LogP contribution < -0.4 is 10.2 Å². The zero-order valence-corrected chi connectivity index (χ0v) is 13.2. The maximum absolute atomic E-state index is 12.4. The number of cyclic esters (lactones) is 1. The molecule has 5 nitrogen and oxygen atoms in total. The van der Waals surface area contributed by atoms with Gasteiger partial charge in [0, 0.05) is 23.7 Å². The van der Waals surface area contributed by atoms with Crippen LogP contribution in [0.3, 0.4) is 0 Å². The first kappa shape index (κ1) is 14.8. The Bertz CT molecular complexity index is 803. The number of carbonyl (C=O) groups is 2. The molecule has 0 radical (unpaired) electrons. The maximum Gasteiger partial charge on any atom is 0.414 e. The van der Waals surface area contributed by atoms with Crippen LogP contribution in [0.5, 0.6) is 0 Å². The molecule has 2 aromatic carbocycles. The first-order valence-electron chi connectivity index (χ1n) is 8.13. The summed E-state index contributed by atoms with van der Waals surface area (Å²) in [6, 6.07) is 15.4. The molecule has 5 heteroatoms. The number of fused-ring (bicyclic) bond motifs is 1. The van der Waals surface area contributed by atoms with E-state index in [1.807, 2.05) is 18.2 Å². The SMILES string of the molecule is O=C(NCC1Cc2ccccc21)c1cccc(N2CCOC2=O)c1. The van der Waals surface area contributed by atoms with E-state index in [-0.39, 0.29) is 12.0 Å². The van der Waals surface area contributed by atoms with Crippen molar-refractivity contribution < 1.29 is 14.3 Å². The van der Waals surface area contributed by atoms with Crippen LogP contribution in [0.25, 0.3) is 0 Å². The lowest BCUT2D eigenvalue weighted by Crippen LogP contribution is -2.33. The van der Waals surface area contributed by atoms with Gasteiger partial charge in [-0.2, -0.15) is 0 Å². The number of hydrogen-bond acceptors (Lipinski definition) is 3. The molecular weight excluding hydrogens is 304 g/mol. The molecule has 122 valence electrons. The highest BCUT2D eigenvalue weighted by atomic mass is 16.6. The highest BCUT2D eigenvalue weighted by Crippen LogP contribution is 2.34. The largest absolute Gasteiger partial charge is 0.447 e. The van der Waals surface area contributed by atoms with Crippen molar-refractivity contribution in [3.63, 3.8) is 0 Å². The molecule has 2 aliphatic rings. The number of nitrogens with zero attached hydrogens (tertiary/aromatic N) is 1. The van der Waals surface area contributed by atoms with Gasteiger partial charge in [0.15, 0.2) is 0 Å². The Kier molecular flexibility index (Phi) is 3.69. The van der Waals surface area contributed by atoms with Crippen molar-refractivity contribution in [3.8, 4) is 0 Å². The summed E-state index contributed by atoms with van der Waals surface area (Å²) in [5, 5.41) is 3.00. The second-order valence-electron chi connectivity index (χ2n) is 6.13. The van der Waals surface area contributed by atoms with Crippen molar-refractivity contribution in [1.82, 2.24) is 5.32 Å². The molecule has 0 spiro atoms. The second-order valence-corrected chi connectivity index (χ2v) is 6.13. The molecule has 24 heavy (non-hydrogen) atoms. The number of rotatable bonds is 4. The Morgan fingerprint density at radius 1 is 1.21 bits per heavy atom. The minimum Gasteiger partial charge on any atom is -0.447 e. The summed E-state index contributed by atoms with van der Waals surface area (Å²) >= 11 is 0. The smallest absolute Gasteiger partial charge is 0.414 e. The standard InChI is InChI=1S/C19H18N2O3/c22-18(20-12-15-10-13-4-1-2-7-17(13)15)14-5-3-6-16(11-14)21-8-9-24-19(21)23/h1-7,11,15H,8-10,12H2,(H,20,22). The lowest BCUT2D eigenvalue weighted by molar-refractivity contribution is 0.0950. The minimum atomic E-state index is -0.362. The molecule has 1 heterocycles. The molecule has 2 amide bonds. The molecule has 0 aromatic heterocycles. The summed E-state index contributed by atoms with van der Waals surface area (Å²) in [7, 11) is 0. The average molecular weight is 322 g/mol. The van der Waals surface area contributed by atoms with Crippen molar-refractivity contribution in [3.05, 3.63) is 65.2 Å². The molecule has 1 atom stereocenters. The van der Waals surface area contributed by atoms with Crippen LogP contribution in [0.4, 0.5) is 10.5 Å². The van der Waals surface area contributed by atoms with Gasteiger partial charge in [0.25, 0.3) is 5.91 Å². The van der Waals surface area contributed by atoms with Gasteiger partial charge in [-0.25, -0.2) is 4.79 Å². The zero-order valence-electron chi connectivity index (χ0n) is 13.2. The quantitative estimate of drug-likeness (QED) is 0.941. The van der Waals surface area contributed by atoms with Crippen LogP contribution >= 0.6 is 0 Å². The molecule has 1 saturated heterocycles. The van der Waals surface area contributed by atoms with Gasteiger partial charge in [0.1, 0.15) is 6.61 Å². The van der Waals surface area contributed by atoms with Crippen LogP contribution in [0.1, 0.15) is 27.4 Å². The summed E-state index contributed by atoms with van der Waals surface area (Å²) < 4.78 is 4.94. The number of ether oxygens (including phenoxy) is 1. The number of amides is 2. The molecule has 0 saturated carbocycles. The van der Waals surface area contributed by atoms with Gasteiger partial charge >= 0.3 is 6.09 Å². The van der Waals surface area contributed by atoms with E-state index in [0.717, 1.165) is 6.42 Å². The van der Waals surface area contributed by atoms with E-state index < -0.39 is 0 Å². The van der Waals surface area contributed by atoms with Gasteiger partial charge in [-0.1, -0.05) is 30.3 Å². The Morgan fingerprint density at radius 3 is 2.88 bits per heavy atom. The molecule has 0 bridgehead atoms. The summed E-state index contributed by atoms with van der Waals surface area (Å²) in [5.41, 5.74) is 3.94. The molecule has 2 aromatic rings. The molecular formula is C19H18N2O3. The Balaban J connectivity index is 1.41. The van der Waals surface area contributed by atoms with E-state index in [4.69, 9.17) is 4.74 Å². The number of nitrogens with one attached hydrogen (secondary N) is 1. The third kappa shape index (κ3) is 2.62. The predicted octanol–water partition coefficient (Wildman–Crippen LogP) is 2.71. The van der Waals surface area contributed by atoms with Crippen LogP contribution in [-0.2, 0) is 11.2 Å². The van der Waals surface area contributed by atoms with E-state index in [1.165, 1.54) is 11.1 Å². The average Bonchev–Trinajstić information content (AvgIpc) is 3.02. The van der Waals surface area contributed by atoms with Crippen molar-refractivity contribution in [2.45, 2.75) is 12.3 Å². The summed E-state index contributed by atoms with van der Waals surface area (Å²) in [4.78, 5) is 25.6. The van der Waals surface area contributed by atoms with Crippen molar-refractivity contribution >= 4 is 17.7 Å². The molecule has 1 N–H and O–H groups in total. The zero-order chi connectivity index (χ0) is 16.5. The fraction of sp³-hybridized carbons (Fsp3) is 0.263. The lowest BCUT2D eigenvalue weighted by atomic mass is 9.77. The van der Waals surface area contributed by atoms with E-state index >= 15 is 0 Å². The normalized spacial score (nSPS) is 18.6. The Labute approximate surface area is 140 Å². The first-order chi connectivity index (χ1) is 11.7. The molecule has 1 fully saturated rings. The molecule has 1 aliphatic carbocycles. The van der Waals surface area contributed by atoms with E-state index in [0.29, 0.717) is 36.9 Å². The van der Waals surface area contributed by atoms with Gasteiger partial charge < -0.3 is 10.1 Å². The minimum absolute atomic E-state index is 0.117. The monoisotopic (exact) mass is 322 g/mol. The first-order valence-corrected chi connectivity index (χ1v) is 8.13. The predicted molar refractivity (Wildman–Crippen MR) is 90.4 cm³/mol. The third-order valence-corrected chi connectivity index (χ3v) is 4.65. The molecule has 1 aliphatic heterocycles. The number of anilines is 1. The molecule has 4 rings (SSSR count). The lowest BCUT2D eigenvalue weighted by Gasteiger charge is -2.30. The van der Waals surface area contributed by atoms with Gasteiger partial charge in [-0.3, -0.25) is 9.69 Å². The Morgan fingerprint density at radius 2 is 2.08 bits per heavy atom. The number of carbonyl (C=O) groups excluding carboxylic acids is 2. The summed E-state index contributed by atoms with van der Waals surface area (Å²) in [5.74, 6) is 0.274. The maximum atomic E-state index is 12.4. The highest BCUT2D eigenvalue weighted by molar-refractivity contribution is 5.97.